The fraction of sp³-hybridized carbons (Fsp3) is 0.471. The van der Waals surface area contributed by atoms with Crippen LogP contribution in [0.2, 0.25) is 5.02 Å². The van der Waals surface area contributed by atoms with Crippen LogP contribution in [0.4, 0.5) is 0 Å². The normalized spacial score (nSPS) is 23.1. The molecule has 2 atom stereocenters. The van der Waals surface area contributed by atoms with Crippen LogP contribution in [0.1, 0.15) is 25.0 Å². The molecule has 2 aromatic rings. The standard InChI is InChI=1S/C17H20ClNO3/c1-10-4-16-14(6-15(10)18)13(5-17(20)22-16)9-19-7-11(2)21-12(3)8-19/h4-6,11-12H,7-9H2,1-3H3/t11-,12-/m0/s1. The Morgan fingerprint density at radius 2 is 1.91 bits per heavy atom. The maximum Gasteiger partial charge on any atom is 0.336 e. The van der Waals surface area contributed by atoms with Crippen LogP contribution >= 0.6 is 11.6 Å². The van der Waals surface area contributed by atoms with E-state index in [1.165, 1.54) is 0 Å². The van der Waals surface area contributed by atoms with Gasteiger partial charge in [-0.3, -0.25) is 4.90 Å². The van der Waals surface area contributed by atoms with Gasteiger partial charge in [0.15, 0.2) is 0 Å². The van der Waals surface area contributed by atoms with E-state index in [2.05, 4.69) is 18.7 Å². The third kappa shape index (κ3) is 3.19. The van der Waals surface area contributed by atoms with E-state index in [4.69, 9.17) is 20.8 Å². The number of nitrogens with zero attached hydrogens (tertiary/aromatic N) is 1. The zero-order valence-corrected chi connectivity index (χ0v) is 13.8. The average molecular weight is 322 g/mol. The molecule has 0 N–H and O–H groups in total. The molecule has 118 valence electrons. The van der Waals surface area contributed by atoms with Crippen LogP contribution in [0.3, 0.4) is 0 Å². The largest absolute Gasteiger partial charge is 0.423 e. The molecule has 0 bridgehead atoms. The highest BCUT2D eigenvalue weighted by molar-refractivity contribution is 6.32. The molecular weight excluding hydrogens is 302 g/mol. The molecule has 5 heteroatoms. The van der Waals surface area contributed by atoms with Crippen molar-refractivity contribution in [2.24, 2.45) is 0 Å². The highest BCUT2D eigenvalue weighted by atomic mass is 35.5. The van der Waals surface area contributed by atoms with E-state index < -0.39 is 0 Å². The van der Waals surface area contributed by atoms with Crippen molar-refractivity contribution in [3.8, 4) is 0 Å². The first-order chi connectivity index (χ1) is 10.4. The van der Waals surface area contributed by atoms with Gasteiger partial charge in [0.1, 0.15) is 5.58 Å². The molecule has 0 amide bonds. The third-order valence-electron chi connectivity index (χ3n) is 4.00. The van der Waals surface area contributed by atoms with Crippen molar-refractivity contribution in [3.63, 3.8) is 0 Å². The van der Waals surface area contributed by atoms with Crippen molar-refractivity contribution >= 4 is 22.6 Å². The summed E-state index contributed by atoms with van der Waals surface area (Å²) in [5, 5.41) is 1.59. The fourth-order valence-corrected chi connectivity index (χ4v) is 3.30. The molecule has 1 aliphatic heterocycles. The molecule has 1 saturated heterocycles. The smallest absolute Gasteiger partial charge is 0.336 e. The Balaban J connectivity index is 1.99. The second-order valence-corrected chi connectivity index (χ2v) is 6.55. The molecule has 0 aliphatic carbocycles. The minimum atomic E-state index is -0.321. The van der Waals surface area contributed by atoms with Crippen molar-refractivity contribution in [2.75, 3.05) is 13.1 Å². The van der Waals surface area contributed by atoms with E-state index >= 15 is 0 Å². The van der Waals surface area contributed by atoms with Crippen molar-refractivity contribution in [3.05, 3.63) is 44.8 Å². The number of ether oxygens (including phenoxy) is 1. The number of halogens is 1. The SMILES string of the molecule is Cc1cc2oc(=O)cc(CN3C[C@H](C)O[C@@H](C)C3)c2cc1Cl. The van der Waals surface area contributed by atoms with Gasteiger partial charge in [-0.1, -0.05) is 11.6 Å². The van der Waals surface area contributed by atoms with Gasteiger partial charge in [0.2, 0.25) is 0 Å². The number of aryl methyl sites for hydroxylation is 1. The lowest BCUT2D eigenvalue weighted by atomic mass is 10.1. The van der Waals surface area contributed by atoms with Crippen LogP contribution in [-0.2, 0) is 11.3 Å². The molecule has 0 spiro atoms. The molecule has 1 aromatic carbocycles. The number of hydrogen-bond acceptors (Lipinski definition) is 4. The first-order valence-corrected chi connectivity index (χ1v) is 7.91. The molecule has 0 unspecified atom stereocenters. The van der Waals surface area contributed by atoms with Crippen LogP contribution < -0.4 is 5.63 Å². The highest BCUT2D eigenvalue weighted by Gasteiger charge is 2.23. The maximum absolute atomic E-state index is 11.8. The van der Waals surface area contributed by atoms with Gasteiger partial charge in [0.05, 0.1) is 12.2 Å². The molecule has 22 heavy (non-hydrogen) atoms. The van der Waals surface area contributed by atoms with E-state index in [1.807, 2.05) is 19.1 Å². The second-order valence-electron chi connectivity index (χ2n) is 6.14. The van der Waals surface area contributed by atoms with E-state index in [1.54, 1.807) is 6.07 Å². The molecule has 3 rings (SSSR count). The Morgan fingerprint density at radius 3 is 2.59 bits per heavy atom. The van der Waals surface area contributed by atoms with Crippen molar-refractivity contribution in [1.82, 2.24) is 4.90 Å². The van der Waals surface area contributed by atoms with Crippen LogP contribution in [0.25, 0.3) is 11.0 Å². The summed E-state index contributed by atoms with van der Waals surface area (Å²) >= 11 is 6.24. The van der Waals surface area contributed by atoms with Gasteiger partial charge in [0.25, 0.3) is 0 Å². The van der Waals surface area contributed by atoms with Crippen molar-refractivity contribution in [2.45, 2.75) is 39.5 Å². The fourth-order valence-electron chi connectivity index (χ4n) is 3.13. The van der Waals surface area contributed by atoms with E-state index in [-0.39, 0.29) is 17.8 Å². The Hall–Kier alpha value is -1.36. The topological polar surface area (TPSA) is 42.7 Å². The predicted octanol–water partition coefficient (Wildman–Crippen LogP) is 3.36. The van der Waals surface area contributed by atoms with Crippen molar-refractivity contribution < 1.29 is 9.15 Å². The molecular formula is C17H20ClNO3. The van der Waals surface area contributed by atoms with Crippen molar-refractivity contribution in [1.29, 1.82) is 0 Å². The van der Waals surface area contributed by atoms with Gasteiger partial charge in [0, 0.05) is 36.1 Å². The zero-order valence-electron chi connectivity index (χ0n) is 13.1. The van der Waals surface area contributed by atoms with Crippen LogP contribution in [-0.4, -0.2) is 30.2 Å². The summed E-state index contributed by atoms with van der Waals surface area (Å²) in [5.41, 5.74) is 2.13. The Morgan fingerprint density at radius 1 is 1.23 bits per heavy atom. The predicted molar refractivity (Wildman–Crippen MR) is 87.5 cm³/mol. The minimum Gasteiger partial charge on any atom is -0.423 e. The monoisotopic (exact) mass is 321 g/mol. The quantitative estimate of drug-likeness (QED) is 0.795. The van der Waals surface area contributed by atoms with Gasteiger partial charge >= 0.3 is 5.63 Å². The third-order valence-corrected chi connectivity index (χ3v) is 4.41. The van der Waals surface area contributed by atoms with E-state index in [9.17, 15) is 4.79 Å². The molecule has 2 heterocycles. The lowest BCUT2D eigenvalue weighted by molar-refractivity contribution is -0.0704. The molecule has 4 nitrogen and oxygen atoms in total. The van der Waals surface area contributed by atoms with Gasteiger partial charge in [-0.05, 0) is 44.0 Å². The number of hydrogen-bond donors (Lipinski definition) is 0. The van der Waals surface area contributed by atoms with Crippen LogP contribution in [0.15, 0.2) is 27.4 Å². The lowest BCUT2D eigenvalue weighted by Gasteiger charge is -2.35. The van der Waals surface area contributed by atoms with Gasteiger partial charge in [-0.2, -0.15) is 0 Å². The summed E-state index contributed by atoms with van der Waals surface area (Å²) in [6.45, 7) is 8.44. The summed E-state index contributed by atoms with van der Waals surface area (Å²) in [5.74, 6) is 0. The molecule has 0 saturated carbocycles. The van der Waals surface area contributed by atoms with Crippen LogP contribution in [0.5, 0.6) is 0 Å². The maximum atomic E-state index is 11.8. The van der Waals surface area contributed by atoms with E-state index in [0.717, 1.165) is 29.6 Å². The number of morpholine rings is 1. The zero-order chi connectivity index (χ0) is 15.9. The molecule has 1 aromatic heterocycles. The summed E-state index contributed by atoms with van der Waals surface area (Å²) in [7, 11) is 0. The second kappa shape index (κ2) is 6.03. The summed E-state index contributed by atoms with van der Waals surface area (Å²) < 4.78 is 11.1. The molecule has 1 fully saturated rings. The lowest BCUT2D eigenvalue weighted by Crippen LogP contribution is -2.44. The van der Waals surface area contributed by atoms with Crippen LogP contribution in [0, 0.1) is 6.92 Å². The Kier molecular flexibility index (Phi) is 4.26. The number of fused-ring (bicyclic) bond motifs is 1. The Bertz CT molecular complexity index is 745. The molecule has 0 radical (unpaired) electrons. The summed E-state index contributed by atoms with van der Waals surface area (Å²) in [6, 6.07) is 5.28. The minimum absolute atomic E-state index is 0.195. The first kappa shape index (κ1) is 15.5. The Labute approximate surface area is 134 Å². The van der Waals surface area contributed by atoms with E-state index in [0.29, 0.717) is 17.2 Å². The first-order valence-electron chi connectivity index (χ1n) is 7.53. The molecule has 1 aliphatic rings. The summed E-state index contributed by atoms with van der Waals surface area (Å²) in [4.78, 5) is 14.1. The van der Waals surface area contributed by atoms with Gasteiger partial charge in [-0.25, -0.2) is 4.79 Å². The number of rotatable bonds is 2. The summed E-state index contributed by atoms with van der Waals surface area (Å²) in [6.07, 6.45) is 0.391. The average Bonchev–Trinajstić information content (AvgIpc) is 2.39. The highest BCUT2D eigenvalue weighted by Crippen LogP contribution is 2.26. The van der Waals surface area contributed by atoms with Gasteiger partial charge < -0.3 is 9.15 Å². The van der Waals surface area contributed by atoms with Gasteiger partial charge in [-0.15, -0.1) is 0 Å². The number of benzene rings is 1.